The second-order valence-corrected chi connectivity index (χ2v) is 1.74. The van der Waals surface area contributed by atoms with Crippen LogP contribution in [0.15, 0.2) is 0 Å². The van der Waals surface area contributed by atoms with Crippen LogP contribution in [0.3, 0.4) is 0 Å². The fraction of sp³-hybridized carbons (Fsp3) is 0.600. The number of urea groups is 1. The van der Waals surface area contributed by atoms with Gasteiger partial charge in [-0.15, -0.1) is 0 Å². The van der Waals surface area contributed by atoms with Gasteiger partial charge in [0.15, 0.2) is 0 Å². The molecular weight excluding hydrogens is 136 g/mol. The average Bonchev–Trinajstić information content (AvgIpc) is 2.00. The van der Waals surface area contributed by atoms with Crippen molar-refractivity contribution in [3.05, 3.63) is 0 Å². The van der Waals surface area contributed by atoms with Crippen molar-refractivity contribution in [3.8, 4) is 0 Å². The summed E-state index contributed by atoms with van der Waals surface area (Å²) in [6.07, 6.45) is -0.423. The van der Waals surface area contributed by atoms with Crippen LogP contribution in [-0.4, -0.2) is 37.1 Å². The zero-order valence-corrected chi connectivity index (χ0v) is 5.46. The Bertz CT molecular complexity index is 107. The quantitative estimate of drug-likeness (QED) is 0.388. The number of carbonyl (C=O) groups is 2. The van der Waals surface area contributed by atoms with Gasteiger partial charge in [-0.1, -0.05) is 0 Å². The molecule has 1 aliphatic rings. The minimum atomic E-state index is -0.423. The normalized spacial score (nSPS) is 17.9. The van der Waals surface area contributed by atoms with Crippen LogP contribution >= 0.6 is 0 Å². The number of hydrogen-bond acceptors (Lipinski definition) is 3. The summed E-state index contributed by atoms with van der Waals surface area (Å²) in [7, 11) is 0. The average molecular weight is 146 g/mol. The van der Waals surface area contributed by atoms with Crippen molar-refractivity contribution >= 4 is 12.8 Å². The highest BCUT2D eigenvalue weighted by molar-refractivity contribution is 5.74. The van der Waals surface area contributed by atoms with E-state index in [2.05, 4.69) is 10.6 Å². The molecule has 0 aromatic carbocycles. The van der Waals surface area contributed by atoms with Crippen LogP contribution in [0.4, 0.5) is 4.79 Å². The lowest BCUT2D eigenvalue weighted by Crippen LogP contribution is -2.50. The molecule has 0 unspecified atom stereocenters. The van der Waals surface area contributed by atoms with E-state index in [0.29, 0.717) is 13.1 Å². The van der Waals surface area contributed by atoms with Gasteiger partial charge < -0.3 is 20.5 Å². The van der Waals surface area contributed by atoms with Crippen LogP contribution < -0.4 is 10.6 Å². The topological polar surface area (TPSA) is 78.4 Å². The van der Waals surface area contributed by atoms with E-state index in [1.54, 1.807) is 0 Å². The molecule has 0 aliphatic carbocycles. The van der Waals surface area contributed by atoms with Gasteiger partial charge in [0, 0.05) is 13.1 Å². The van der Waals surface area contributed by atoms with Gasteiger partial charge in [-0.05, 0) is 0 Å². The minimum Gasteiger partial charge on any atom is -0.389 e. The summed E-state index contributed by atoms with van der Waals surface area (Å²) in [6.45, 7) is 2.73. The number of hydrogen-bond donors (Lipinski definition) is 3. The van der Waals surface area contributed by atoms with Crippen LogP contribution in [0.25, 0.3) is 0 Å². The first-order valence-electron chi connectivity index (χ1n) is 2.77. The Hall–Kier alpha value is -1.10. The molecule has 0 aromatic heterocycles. The molecule has 2 amide bonds. The molecular formula is C5H10N2O3. The Morgan fingerprint density at radius 3 is 2.10 bits per heavy atom. The summed E-state index contributed by atoms with van der Waals surface area (Å²) in [5.74, 6) is 0. The molecule has 1 aliphatic heterocycles. The van der Waals surface area contributed by atoms with Crippen molar-refractivity contribution in [2.75, 3.05) is 13.1 Å². The molecule has 0 radical (unpaired) electrons. The SMILES string of the molecule is C=O.O=C1NCC(O)CN1. The Kier molecular flexibility index (Phi) is 4.23. The van der Waals surface area contributed by atoms with E-state index in [0.717, 1.165) is 0 Å². The molecule has 5 heteroatoms. The molecule has 5 nitrogen and oxygen atoms in total. The highest BCUT2D eigenvalue weighted by Crippen LogP contribution is 1.82. The van der Waals surface area contributed by atoms with Crippen molar-refractivity contribution in [1.82, 2.24) is 10.6 Å². The van der Waals surface area contributed by atoms with Gasteiger partial charge in [-0.2, -0.15) is 0 Å². The molecule has 1 rings (SSSR count). The number of β-amino-alcohol motifs (C(OH)–C–C–N with tert-alkyl or cyclic N) is 1. The largest absolute Gasteiger partial charge is 0.389 e. The third-order valence-corrected chi connectivity index (χ3v) is 0.996. The summed E-state index contributed by atoms with van der Waals surface area (Å²) in [4.78, 5) is 18.3. The molecule has 0 bridgehead atoms. The van der Waals surface area contributed by atoms with E-state index in [1.807, 2.05) is 6.79 Å². The molecule has 58 valence electrons. The van der Waals surface area contributed by atoms with Gasteiger partial charge >= 0.3 is 6.03 Å². The predicted molar refractivity (Wildman–Crippen MR) is 34.5 cm³/mol. The van der Waals surface area contributed by atoms with Crippen LogP contribution in [0.2, 0.25) is 0 Å². The monoisotopic (exact) mass is 146 g/mol. The molecule has 0 spiro atoms. The lowest BCUT2D eigenvalue weighted by molar-refractivity contribution is -0.0979. The summed E-state index contributed by atoms with van der Waals surface area (Å²) >= 11 is 0. The molecule has 10 heavy (non-hydrogen) atoms. The van der Waals surface area contributed by atoms with E-state index in [4.69, 9.17) is 9.90 Å². The third kappa shape index (κ3) is 3.03. The first kappa shape index (κ1) is 8.90. The van der Waals surface area contributed by atoms with Crippen molar-refractivity contribution in [3.63, 3.8) is 0 Å². The zero-order chi connectivity index (χ0) is 7.98. The maximum Gasteiger partial charge on any atom is 0.314 e. The molecule has 1 fully saturated rings. The summed E-state index contributed by atoms with van der Waals surface area (Å²) in [5.41, 5.74) is 0. The first-order chi connectivity index (χ1) is 4.79. The molecule has 0 saturated carbocycles. The molecule has 1 heterocycles. The van der Waals surface area contributed by atoms with Crippen LogP contribution in [0.5, 0.6) is 0 Å². The van der Waals surface area contributed by atoms with Gasteiger partial charge in [0.1, 0.15) is 6.79 Å². The third-order valence-electron chi connectivity index (χ3n) is 0.996. The van der Waals surface area contributed by atoms with E-state index >= 15 is 0 Å². The second kappa shape index (κ2) is 4.75. The summed E-state index contributed by atoms with van der Waals surface area (Å²) < 4.78 is 0. The number of amides is 2. The maximum absolute atomic E-state index is 10.3. The van der Waals surface area contributed by atoms with Gasteiger partial charge in [0.2, 0.25) is 0 Å². The second-order valence-electron chi connectivity index (χ2n) is 1.74. The fourth-order valence-corrected chi connectivity index (χ4v) is 0.556. The number of rotatable bonds is 0. The molecule has 1 saturated heterocycles. The fourth-order valence-electron chi connectivity index (χ4n) is 0.556. The smallest absolute Gasteiger partial charge is 0.314 e. The number of aliphatic hydroxyl groups excluding tert-OH is 1. The maximum atomic E-state index is 10.3. The summed E-state index contributed by atoms with van der Waals surface area (Å²) in [5, 5.41) is 13.6. The van der Waals surface area contributed by atoms with Gasteiger partial charge in [-0.25, -0.2) is 4.79 Å². The standard InChI is InChI=1S/C4H8N2O2.CH2O/c7-3-1-5-4(8)6-2-3;1-2/h3,7H,1-2H2,(H2,5,6,8);1H2. The first-order valence-corrected chi connectivity index (χ1v) is 2.77. The Morgan fingerprint density at radius 1 is 1.40 bits per heavy atom. The van der Waals surface area contributed by atoms with E-state index in [1.165, 1.54) is 0 Å². The van der Waals surface area contributed by atoms with Gasteiger partial charge in [-0.3, -0.25) is 0 Å². The molecule has 0 atom stereocenters. The zero-order valence-electron chi connectivity index (χ0n) is 5.46. The van der Waals surface area contributed by atoms with E-state index in [9.17, 15) is 4.79 Å². The Labute approximate surface area is 58.4 Å². The van der Waals surface area contributed by atoms with Crippen LogP contribution in [-0.2, 0) is 4.79 Å². The number of aliphatic hydroxyl groups is 1. The number of carbonyl (C=O) groups excluding carboxylic acids is 2. The number of nitrogens with one attached hydrogen (secondary N) is 2. The van der Waals surface area contributed by atoms with Crippen molar-refractivity contribution in [2.45, 2.75) is 6.10 Å². The lowest BCUT2D eigenvalue weighted by Gasteiger charge is -2.18. The highest BCUT2D eigenvalue weighted by Gasteiger charge is 2.12. The van der Waals surface area contributed by atoms with Crippen molar-refractivity contribution in [1.29, 1.82) is 0 Å². The summed E-state index contributed by atoms with van der Waals surface area (Å²) in [6, 6.07) is -0.199. The van der Waals surface area contributed by atoms with Crippen molar-refractivity contribution in [2.24, 2.45) is 0 Å². The molecule has 0 aromatic rings. The van der Waals surface area contributed by atoms with Gasteiger partial charge in [0.05, 0.1) is 6.10 Å². The predicted octanol–water partition coefficient (Wildman–Crippen LogP) is -1.52. The Morgan fingerprint density at radius 2 is 1.80 bits per heavy atom. The van der Waals surface area contributed by atoms with Crippen LogP contribution in [0, 0.1) is 0 Å². The van der Waals surface area contributed by atoms with E-state index < -0.39 is 6.10 Å². The van der Waals surface area contributed by atoms with Crippen molar-refractivity contribution < 1.29 is 14.7 Å². The Balaban J connectivity index is 0.000000371. The van der Waals surface area contributed by atoms with Gasteiger partial charge in [0.25, 0.3) is 0 Å². The van der Waals surface area contributed by atoms with Crippen LogP contribution in [0.1, 0.15) is 0 Å². The molecule has 3 N–H and O–H groups in total. The minimum absolute atomic E-state index is 0.199. The van der Waals surface area contributed by atoms with E-state index in [-0.39, 0.29) is 6.03 Å². The lowest BCUT2D eigenvalue weighted by atomic mass is 10.3. The highest BCUT2D eigenvalue weighted by atomic mass is 16.3.